The van der Waals surface area contributed by atoms with Crippen LogP contribution in [0.15, 0.2) is 18.2 Å². The lowest BCUT2D eigenvalue weighted by Crippen LogP contribution is -2.41. The number of fused-ring (bicyclic) bond motifs is 1. The zero-order valence-corrected chi connectivity index (χ0v) is 14.1. The number of carbonyl (C=O) groups excluding carboxylic acids is 1. The van der Waals surface area contributed by atoms with Crippen molar-refractivity contribution in [3.8, 4) is 11.5 Å². The lowest BCUT2D eigenvalue weighted by molar-refractivity contribution is -0.148. The first-order valence-corrected chi connectivity index (χ1v) is 7.85. The number of carbonyl (C=O) groups is 2. The Morgan fingerprint density at radius 2 is 1.96 bits per heavy atom. The van der Waals surface area contributed by atoms with Gasteiger partial charge in [0.2, 0.25) is 0 Å². The molecule has 24 heavy (non-hydrogen) atoms. The molecule has 1 aromatic rings. The summed E-state index contributed by atoms with van der Waals surface area (Å²) in [5, 5.41) is 9.74. The quantitative estimate of drug-likeness (QED) is 0.877. The van der Waals surface area contributed by atoms with Crippen molar-refractivity contribution in [2.24, 2.45) is 11.3 Å². The van der Waals surface area contributed by atoms with Crippen molar-refractivity contribution in [3.63, 3.8) is 0 Å². The first-order chi connectivity index (χ1) is 11.4. The third kappa shape index (κ3) is 2.39. The van der Waals surface area contributed by atoms with Crippen molar-refractivity contribution >= 4 is 11.9 Å². The van der Waals surface area contributed by atoms with E-state index in [2.05, 4.69) is 0 Å². The van der Waals surface area contributed by atoms with Crippen molar-refractivity contribution in [2.75, 3.05) is 47.4 Å². The van der Waals surface area contributed by atoms with Crippen molar-refractivity contribution in [1.29, 1.82) is 0 Å². The maximum Gasteiger partial charge on any atom is 0.313 e. The molecular weight excluding hydrogens is 312 g/mol. The summed E-state index contributed by atoms with van der Waals surface area (Å²) < 4.78 is 10.6. The second kappa shape index (κ2) is 5.98. The second-order valence-electron chi connectivity index (χ2n) is 6.58. The summed E-state index contributed by atoms with van der Waals surface area (Å²) in [6.07, 6.45) is 0. The molecule has 0 bridgehead atoms. The van der Waals surface area contributed by atoms with Crippen LogP contribution < -0.4 is 9.47 Å². The molecule has 2 atom stereocenters. The summed E-state index contributed by atoms with van der Waals surface area (Å²) in [4.78, 5) is 28.5. The highest BCUT2D eigenvalue weighted by molar-refractivity contribution is 5.98. The van der Waals surface area contributed by atoms with E-state index in [1.165, 1.54) is 14.2 Å². The molecule has 2 aliphatic rings. The van der Waals surface area contributed by atoms with Gasteiger partial charge >= 0.3 is 5.97 Å². The fourth-order valence-electron chi connectivity index (χ4n) is 4.00. The van der Waals surface area contributed by atoms with Gasteiger partial charge in [0, 0.05) is 32.1 Å². The summed E-state index contributed by atoms with van der Waals surface area (Å²) >= 11 is 0. The Bertz CT molecular complexity index is 677. The monoisotopic (exact) mass is 334 g/mol. The van der Waals surface area contributed by atoms with Crippen molar-refractivity contribution in [2.45, 2.75) is 0 Å². The fraction of sp³-hybridized carbons (Fsp3) is 0.529. The van der Waals surface area contributed by atoms with Crippen molar-refractivity contribution < 1.29 is 24.2 Å². The van der Waals surface area contributed by atoms with E-state index >= 15 is 0 Å². The molecule has 2 fully saturated rings. The molecule has 0 aromatic heterocycles. The molecule has 2 heterocycles. The van der Waals surface area contributed by atoms with Gasteiger partial charge in [0.15, 0.2) is 11.5 Å². The number of carboxylic acids is 1. The van der Waals surface area contributed by atoms with E-state index in [9.17, 15) is 14.7 Å². The molecule has 1 aromatic carbocycles. The highest BCUT2D eigenvalue weighted by Gasteiger charge is 2.57. The second-order valence-corrected chi connectivity index (χ2v) is 6.58. The van der Waals surface area contributed by atoms with Crippen LogP contribution in [0.3, 0.4) is 0 Å². The molecule has 1 N–H and O–H groups in total. The number of hydrogen-bond acceptors (Lipinski definition) is 5. The molecule has 0 radical (unpaired) electrons. The Kier molecular flexibility index (Phi) is 4.13. The van der Waals surface area contributed by atoms with Crippen LogP contribution in [0.25, 0.3) is 0 Å². The van der Waals surface area contributed by atoms with Gasteiger partial charge in [0.05, 0.1) is 19.8 Å². The normalized spacial score (nSPS) is 26.3. The fourth-order valence-corrected chi connectivity index (χ4v) is 4.00. The number of carboxylic acid groups (broad SMARTS) is 1. The van der Waals surface area contributed by atoms with Crippen LogP contribution in [0.5, 0.6) is 11.5 Å². The minimum Gasteiger partial charge on any atom is -0.493 e. The Morgan fingerprint density at radius 1 is 1.21 bits per heavy atom. The number of likely N-dealkylation sites (tertiary alicyclic amines) is 2. The molecule has 0 aliphatic carbocycles. The molecule has 1 amide bonds. The molecule has 0 unspecified atom stereocenters. The van der Waals surface area contributed by atoms with Gasteiger partial charge in [-0.2, -0.15) is 0 Å². The van der Waals surface area contributed by atoms with Crippen molar-refractivity contribution in [3.05, 3.63) is 23.8 Å². The minimum atomic E-state index is -0.878. The van der Waals surface area contributed by atoms with Gasteiger partial charge in [-0.05, 0) is 19.2 Å². The third-order valence-corrected chi connectivity index (χ3v) is 5.13. The van der Waals surface area contributed by atoms with E-state index in [1.54, 1.807) is 23.1 Å². The summed E-state index contributed by atoms with van der Waals surface area (Å²) in [6.45, 7) is 1.81. The Labute approximate surface area is 140 Å². The van der Waals surface area contributed by atoms with Crippen molar-refractivity contribution in [1.82, 2.24) is 9.80 Å². The van der Waals surface area contributed by atoms with Crippen LogP contribution in [-0.2, 0) is 4.79 Å². The molecule has 2 saturated heterocycles. The van der Waals surface area contributed by atoms with E-state index in [0.717, 1.165) is 0 Å². The Morgan fingerprint density at radius 3 is 2.54 bits per heavy atom. The van der Waals surface area contributed by atoms with Gasteiger partial charge in [-0.1, -0.05) is 6.07 Å². The number of hydrogen-bond donors (Lipinski definition) is 1. The van der Waals surface area contributed by atoms with Gasteiger partial charge in [-0.15, -0.1) is 0 Å². The number of nitrogens with zero attached hydrogens (tertiary/aromatic N) is 2. The maximum absolute atomic E-state index is 13.0. The van der Waals surface area contributed by atoms with E-state index in [-0.39, 0.29) is 18.4 Å². The SMILES string of the molecule is COc1cccc(C(=O)N2C[C@@H]3CN(C)C[C@]3(C(=O)O)C2)c1OC. The van der Waals surface area contributed by atoms with E-state index in [0.29, 0.717) is 36.7 Å². The smallest absolute Gasteiger partial charge is 0.313 e. The van der Waals surface area contributed by atoms with Crippen LogP contribution in [0, 0.1) is 11.3 Å². The average molecular weight is 334 g/mol. The molecule has 7 nitrogen and oxygen atoms in total. The molecule has 0 spiro atoms. The molecule has 0 saturated carbocycles. The number of amides is 1. The summed E-state index contributed by atoms with van der Waals surface area (Å²) in [5.74, 6) is -0.243. The number of methoxy groups -OCH3 is 2. The Hall–Kier alpha value is -2.28. The molecular formula is C17H22N2O5. The third-order valence-electron chi connectivity index (χ3n) is 5.13. The molecule has 2 aliphatic heterocycles. The number of benzene rings is 1. The van der Waals surface area contributed by atoms with Gasteiger partial charge in [0.25, 0.3) is 5.91 Å². The molecule has 7 heteroatoms. The first kappa shape index (κ1) is 16.6. The predicted octanol–water partition coefficient (Wildman–Crippen LogP) is 0.792. The lowest BCUT2D eigenvalue weighted by atomic mass is 9.81. The summed E-state index contributed by atoms with van der Waals surface area (Å²) in [5.41, 5.74) is -0.484. The van der Waals surface area contributed by atoms with Gasteiger partial charge < -0.3 is 24.4 Å². The van der Waals surface area contributed by atoms with E-state index in [1.807, 2.05) is 11.9 Å². The number of aliphatic carboxylic acids is 1. The largest absolute Gasteiger partial charge is 0.493 e. The van der Waals surface area contributed by atoms with Crippen LogP contribution in [-0.4, -0.2) is 74.2 Å². The van der Waals surface area contributed by atoms with Crippen LogP contribution >= 0.6 is 0 Å². The highest BCUT2D eigenvalue weighted by atomic mass is 16.5. The van der Waals surface area contributed by atoms with Gasteiger partial charge in [0.1, 0.15) is 5.41 Å². The van der Waals surface area contributed by atoms with Crippen LogP contribution in [0.2, 0.25) is 0 Å². The predicted molar refractivity (Wildman–Crippen MR) is 86.5 cm³/mol. The van der Waals surface area contributed by atoms with Crippen LogP contribution in [0.1, 0.15) is 10.4 Å². The topological polar surface area (TPSA) is 79.3 Å². The zero-order chi connectivity index (χ0) is 17.5. The number of rotatable bonds is 4. The summed E-state index contributed by atoms with van der Waals surface area (Å²) in [6, 6.07) is 5.13. The van der Waals surface area contributed by atoms with E-state index in [4.69, 9.17) is 9.47 Å². The lowest BCUT2D eigenvalue weighted by Gasteiger charge is -2.24. The summed E-state index contributed by atoms with van der Waals surface area (Å²) in [7, 11) is 4.92. The maximum atomic E-state index is 13.0. The standard InChI is InChI=1S/C17H22N2O5/c1-18-7-11-8-19(10-17(11,9-18)16(21)22)15(20)12-5-4-6-13(23-2)14(12)24-3/h4-6,11H,7-10H2,1-3H3,(H,21,22)/t11-,17-/m0/s1. The molecule has 130 valence electrons. The van der Waals surface area contributed by atoms with Crippen LogP contribution in [0.4, 0.5) is 0 Å². The highest BCUT2D eigenvalue weighted by Crippen LogP contribution is 2.43. The number of ether oxygens (including phenoxy) is 2. The molecule has 3 rings (SSSR count). The minimum absolute atomic E-state index is 0.0550. The average Bonchev–Trinajstić information content (AvgIpc) is 3.07. The number of para-hydroxylation sites is 1. The zero-order valence-electron chi connectivity index (χ0n) is 14.1. The Balaban J connectivity index is 1.90. The van der Waals surface area contributed by atoms with Gasteiger partial charge in [-0.25, -0.2) is 0 Å². The van der Waals surface area contributed by atoms with Gasteiger partial charge in [-0.3, -0.25) is 9.59 Å². The van der Waals surface area contributed by atoms with E-state index < -0.39 is 11.4 Å². The first-order valence-electron chi connectivity index (χ1n) is 7.85.